The van der Waals surface area contributed by atoms with Crippen LogP contribution in [-0.2, 0) is 15.9 Å². The summed E-state index contributed by atoms with van der Waals surface area (Å²) in [6.45, 7) is 8.92. The van der Waals surface area contributed by atoms with Gasteiger partial charge in [-0.3, -0.25) is 20.1 Å². The molecule has 0 unspecified atom stereocenters. The smallest absolute Gasteiger partial charge is 0.414 e. The van der Waals surface area contributed by atoms with Gasteiger partial charge in [-0.05, 0) is 63.6 Å². The number of pyridine rings is 2. The largest absolute Gasteiger partial charge is 0.465 e. The molecule has 4 N–H and O–H groups in total. The van der Waals surface area contributed by atoms with Crippen molar-refractivity contribution >= 4 is 46.5 Å². The molecule has 226 valence electrons. The fourth-order valence-electron chi connectivity index (χ4n) is 5.04. The molecular weight excluding hydrogens is 544 g/mol. The maximum Gasteiger partial charge on any atom is 0.414 e. The minimum Gasteiger partial charge on any atom is -0.465 e. The molecule has 3 amide bonds. The van der Waals surface area contributed by atoms with Crippen LogP contribution in [-0.4, -0.2) is 71.6 Å². The van der Waals surface area contributed by atoms with E-state index < -0.39 is 23.7 Å². The van der Waals surface area contributed by atoms with Crippen molar-refractivity contribution in [2.75, 3.05) is 42.3 Å². The maximum absolute atomic E-state index is 13.8. The van der Waals surface area contributed by atoms with Crippen LogP contribution in [0.1, 0.15) is 56.5 Å². The maximum atomic E-state index is 13.8. The van der Waals surface area contributed by atoms with Gasteiger partial charge in [0.1, 0.15) is 16.7 Å². The van der Waals surface area contributed by atoms with Crippen molar-refractivity contribution in [3.05, 3.63) is 41.9 Å². The summed E-state index contributed by atoms with van der Waals surface area (Å²) in [5.41, 5.74) is 1.87. The van der Waals surface area contributed by atoms with E-state index in [0.29, 0.717) is 49.5 Å². The van der Waals surface area contributed by atoms with E-state index in [4.69, 9.17) is 13.9 Å². The summed E-state index contributed by atoms with van der Waals surface area (Å²) in [5, 5.41) is 17.3. The summed E-state index contributed by atoms with van der Waals surface area (Å²) in [7, 11) is 1.64. The third kappa shape index (κ3) is 7.87. The first-order valence-corrected chi connectivity index (χ1v) is 13.8. The van der Waals surface area contributed by atoms with E-state index in [0.717, 1.165) is 12.0 Å². The monoisotopic (exact) mass is 582 g/mol. The standard InChI is InChI=1S/C29H38N6O7/c1-17-11-19(32-27(37)38)16-35(15-17)21-8-9-30-14-20(21)33-25(36)23-24-22(12-18(13-31-24)7-6-10-40-5)41-26(23)34-28(39)42-29(2,3)4/h8-9,12-14,17,19,32H,6-7,10-11,15-16H2,1-5H3,(H,33,36)(H,34,39)(H,37,38)/t17-,19+/m1/s1. The fraction of sp³-hybridized carbons (Fsp3) is 0.483. The number of methoxy groups -OCH3 is 1. The Bertz CT molecular complexity index is 1430. The number of amides is 3. The lowest BCUT2D eigenvalue weighted by Crippen LogP contribution is -2.50. The predicted molar refractivity (Wildman–Crippen MR) is 157 cm³/mol. The SMILES string of the molecule is COCCCc1cnc2c(C(=O)Nc3cnccc3N3C[C@H](C)C[C@H](NC(=O)O)C3)c(NC(=O)OC(C)(C)C)oc2c1. The second-order valence-electron chi connectivity index (χ2n) is 11.5. The van der Waals surface area contributed by atoms with Crippen molar-refractivity contribution in [2.45, 2.75) is 58.6 Å². The molecule has 0 radical (unpaired) electrons. The molecule has 3 aromatic heterocycles. The number of aryl methyl sites for hydroxylation is 1. The van der Waals surface area contributed by atoms with Crippen LogP contribution in [0.5, 0.6) is 0 Å². The number of aromatic nitrogens is 2. The molecule has 1 aliphatic heterocycles. The quantitative estimate of drug-likeness (QED) is 0.255. The Morgan fingerprint density at radius 2 is 1.98 bits per heavy atom. The molecule has 1 fully saturated rings. The summed E-state index contributed by atoms with van der Waals surface area (Å²) in [6.07, 6.45) is 5.12. The van der Waals surface area contributed by atoms with Gasteiger partial charge in [-0.1, -0.05) is 6.92 Å². The second kappa shape index (κ2) is 13.1. The highest BCUT2D eigenvalue weighted by molar-refractivity contribution is 6.16. The Hall–Kier alpha value is -4.39. The van der Waals surface area contributed by atoms with Gasteiger partial charge in [-0.2, -0.15) is 0 Å². The molecule has 2 atom stereocenters. The van der Waals surface area contributed by atoms with Crippen LogP contribution in [0.25, 0.3) is 11.1 Å². The van der Waals surface area contributed by atoms with E-state index >= 15 is 0 Å². The lowest BCUT2D eigenvalue weighted by atomic mass is 9.95. The number of hydrogen-bond donors (Lipinski definition) is 4. The number of anilines is 3. The summed E-state index contributed by atoms with van der Waals surface area (Å²) in [6, 6.07) is 3.28. The molecule has 1 aliphatic rings. The normalized spacial score (nSPS) is 17.1. The number of nitrogens with zero attached hydrogens (tertiary/aromatic N) is 3. The van der Waals surface area contributed by atoms with Crippen LogP contribution in [0.2, 0.25) is 0 Å². The Balaban J connectivity index is 1.65. The van der Waals surface area contributed by atoms with Crippen molar-refractivity contribution in [1.82, 2.24) is 15.3 Å². The summed E-state index contributed by atoms with van der Waals surface area (Å²) >= 11 is 0. The fourth-order valence-corrected chi connectivity index (χ4v) is 5.04. The second-order valence-corrected chi connectivity index (χ2v) is 11.5. The van der Waals surface area contributed by atoms with Crippen LogP contribution in [0.3, 0.4) is 0 Å². The van der Waals surface area contributed by atoms with Gasteiger partial charge < -0.3 is 34.5 Å². The zero-order valence-electron chi connectivity index (χ0n) is 24.5. The third-order valence-corrected chi connectivity index (χ3v) is 6.61. The number of carboxylic acid groups (broad SMARTS) is 1. The number of hydrogen-bond acceptors (Lipinski definition) is 9. The van der Waals surface area contributed by atoms with Gasteiger partial charge in [0.25, 0.3) is 5.91 Å². The van der Waals surface area contributed by atoms with E-state index in [9.17, 15) is 19.5 Å². The Morgan fingerprint density at radius 3 is 2.69 bits per heavy atom. The van der Waals surface area contributed by atoms with Gasteiger partial charge in [-0.25, -0.2) is 9.59 Å². The molecule has 0 saturated carbocycles. The highest BCUT2D eigenvalue weighted by Crippen LogP contribution is 2.33. The summed E-state index contributed by atoms with van der Waals surface area (Å²) in [5.74, 6) is -0.461. The number of piperidine rings is 1. The van der Waals surface area contributed by atoms with E-state index in [1.165, 1.54) is 6.20 Å². The Labute approximate surface area is 244 Å². The number of furan rings is 1. The molecule has 4 rings (SSSR count). The lowest BCUT2D eigenvalue weighted by molar-refractivity contribution is 0.0632. The molecular formula is C29H38N6O7. The minimum atomic E-state index is -1.08. The highest BCUT2D eigenvalue weighted by Gasteiger charge is 2.30. The molecule has 1 saturated heterocycles. The van der Waals surface area contributed by atoms with Crippen molar-refractivity contribution in [3.8, 4) is 0 Å². The topological polar surface area (TPSA) is 168 Å². The molecule has 0 bridgehead atoms. The van der Waals surface area contributed by atoms with Gasteiger partial charge in [0.15, 0.2) is 5.58 Å². The molecule has 3 aromatic rings. The van der Waals surface area contributed by atoms with Crippen LogP contribution in [0.15, 0.2) is 35.1 Å². The van der Waals surface area contributed by atoms with Gasteiger partial charge >= 0.3 is 12.2 Å². The minimum absolute atomic E-state index is 0.0338. The molecule has 0 spiro atoms. The highest BCUT2D eigenvalue weighted by atomic mass is 16.6. The number of fused-ring (bicyclic) bond motifs is 1. The Morgan fingerprint density at radius 1 is 1.19 bits per heavy atom. The molecule has 0 aliphatic carbocycles. The first-order valence-electron chi connectivity index (χ1n) is 13.8. The number of nitrogens with one attached hydrogen (secondary N) is 3. The number of rotatable bonds is 9. The van der Waals surface area contributed by atoms with Gasteiger partial charge in [0.2, 0.25) is 5.88 Å². The number of ether oxygens (including phenoxy) is 2. The number of carbonyl (C=O) groups is 3. The zero-order chi connectivity index (χ0) is 30.4. The van der Waals surface area contributed by atoms with E-state index in [1.54, 1.807) is 52.4 Å². The van der Waals surface area contributed by atoms with Crippen LogP contribution >= 0.6 is 0 Å². The first kappa shape index (κ1) is 30.6. The summed E-state index contributed by atoms with van der Waals surface area (Å²) < 4.78 is 16.5. The van der Waals surface area contributed by atoms with Crippen molar-refractivity contribution in [3.63, 3.8) is 0 Å². The first-order chi connectivity index (χ1) is 19.9. The van der Waals surface area contributed by atoms with Gasteiger partial charge in [-0.15, -0.1) is 0 Å². The molecule has 42 heavy (non-hydrogen) atoms. The van der Waals surface area contributed by atoms with E-state index in [1.807, 2.05) is 11.8 Å². The average Bonchev–Trinajstić information content (AvgIpc) is 3.24. The van der Waals surface area contributed by atoms with E-state index in [-0.39, 0.29) is 28.9 Å². The molecule has 13 heteroatoms. The average molecular weight is 583 g/mol. The molecule has 0 aromatic carbocycles. The molecule has 4 heterocycles. The van der Waals surface area contributed by atoms with Crippen LogP contribution in [0, 0.1) is 5.92 Å². The van der Waals surface area contributed by atoms with Gasteiger partial charge in [0.05, 0.1) is 17.6 Å². The zero-order valence-corrected chi connectivity index (χ0v) is 24.5. The predicted octanol–water partition coefficient (Wildman–Crippen LogP) is 4.88. The van der Waals surface area contributed by atoms with Crippen molar-refractivity contribution in [1.29, 1.82) is 0 Å². The Kier molecular flexibility index (Phi) is 9.51. The van der Waals surface area contributed by atoms with Crippen LogP contribution < -0.4 is 20.9 Å². The third-order valence-electron chi connectivity index (χ3n) is 6.61. The lowest BCUT2D eigenvalue weighted by Gasteiger charge is -2.38. The van der Waals surface area contributed by atoms with Gasteiger partial charge in [0, 0.05) is 45.2 Å². The molecule has 13 nitrogen and oxygen atoms in total. The van der Waals surface area contributed by atoms with E-state index in [2.05, 4.69) is 25.9 Å². The summed E-state index contributed by atoms with van der Waals surface area (Å²) in [4.78, 5) is 48.5. The van der Waals surface area contributed by atoms with Crippen molar-refractivity contribution < 1.29 is 33.4 Å². The van der Waals surface area contributed by atoms with Crippen LogP contribution in [0.4, 0.5) is 26.8 Å². The van der Waals surface area contributed by atoms with Crippen molar-refractivity contribution in [2.24, 2.45) is 5.92 Å². The number of carbonyl (C=O) groups excluding carboxylic acids is 2.